The van der Waals surface area contributed by atoms with Crippen molar-refractivity contribution in [3.8, 4) is 11.6 Å². The maximum atomic E-state index is 9.18. The number of nitrogens with zero attached hydrogens (tertiary/aromatic N) is 2. The second kappa shape index (κ2) is 5.25. The van der Waals surface area contributed by atoms with Crippen molar-refractivity contribution in [2.75, 3.05) is 0 Å². The molecule has 5 heteroatoms. The first kappa shape index (κ1) is 12.0. The number of rotatable bonds is 3. The summed E-state index contributed by atoms with van der Waals surface area (Å²) in [5, 5.41) is 9.18. The Morgan fingerprint density at radius 2 is 2.06 bits per heavy atom. The fraction of sp³-hybridized carbons (Fsp3) is 0.167. The first-order valence-corrected chi connectivity index (χ1v) is 5.86. The second-order valence-electron chi connectivity index (χ2n) is 3.44. The van der Waals surface area contributed by atoms with Crippen molar-refractivity contribution < 1.29 is 9.84 Å². The van der Waals surface area contributed by atoms with Gasteiger partial charge in [-0.15, -0.1) is 0 Å². The monoisotopic (exact) mass is 294 g/mol. The van der Waals surface area contributed by atoms with Crippen LogP contribution in [-0.2, 0) is 6.61 Å². The van der Waals surface area contributed by atoms with Gasteiger partial charge in [0.1, 0.15) is 16.2 Å². The number of aliphatic hydroxyl groups is 1. The van der Waals surface area contributed by atoms with Gasteiger partial charge in [-0.2, -0.15) is 4.98 Å². The summed E-state index contributed by atoms with van der Waals surface area (Å²) in [6.07, 6.45) is 0. The van der Waals surface area contributed by atoms with Crippen molar-refractivity contribution in [3.05, 3.63) is 46.3 Å². The molecule has 1 aromatic heterocycles. The van der Waals surface area contributed by atoms with Gasteiger partial charge in [-0.25, -0.2) is 4.98 Å². The molecule has 0 atom stereocenters. The van der Waals surface area contributed by atoms with E-state index in [1.54, 1.807) is 25.1 Å². The molecule has 0 amide bonds. The van der Waals surface area contributed by atoms with E-state index in [0.717, 1.165) is 5.56 Å². The molecule has 0 aliphatic heterocycles. The molecule has 88 valence electrons. The van der Waals surface area contributed by atoms with Crippen molar-refractivity contribution >= 4 is 15.9 Å². The van der Waals surface area contributed by atoms with Crippen LogP contribution in [0.1, 0.15) is 11.4 Å². The van der Waals surface area contributed by atoms with Crippen LogP contribution in [0.15, 0.2) is 34.9 Å². The molecule has 1 N–H and O–H groups in total. The van der Waals surface area contributed by atoms with Gasteiger partial charge in [0.25, 0.3) is 0 Å². The van der Waals surface area contributed by atoms with Gasteiger partial charge in [-0.05, 0) is 28.9 Å². The molecular weight excluding hydrogens is 284 g/mol. The number of hydrogen-bond acceptors (Lipinski definition) is 4. The molecule has 1 aromatic carbocycles. The number of para-hydroxylation sites is 1. The van der Waals surface area contributed by atoms with E-state index < -0.39 is 0 Å². The summed E-state index contributed by atoms with van der Waals surface area (Å²) in [6.45, 7) is 1.72. The minimum atomic E-state index is -0.0680. The van der Waals surface area contributed by atoms with Gasteiger partial charge in [-0.3, -0.25) is 0 Å². The molecule has 17 heavy (non-hydrogen) atoms. The lowest BCUT2D eigenvalue weighted by atomic mass is 10.2. The summed E-state index contributed by atoms with van der Waals surface area (Å²) in [5.74, 6) is 1.67. The van der Waals surface area contributed by atoms with E-state index in [2.05, 4.69) is 25.9 Å². The van der Waals surface area contributed by atoms with Crippen LogP contribution in [-0.4, -0.2) is 15.1 Å². The summed E-state index contributed by atoms with van der Waals surface area (Å²) < 4.78 is 6.29. The van der Waals surface area contributed by atoms with Gasteiger partial charge in [0, 0.05) is 11.6 Å². The molecule has 2 aromatic rings. The Kier molecular flexibility index (Phi) is 3.71. The second-order valence-corrected chi connectivity index (χ2v) is 4.26. The van der Waals surface area contributed by atoms with Crippen LogP contribution in [0, 0.1) is 6.92 Å². The molecule has 0 spiro atoms. The first-order chi connectivity index (χ1) is 8.19. The molecule has 0 fully saturated rings. The molecule has 0 radical (unpaired) electrons. The molecule has 0 saturated carbocycles. The number of aromatic nitrogens is 2. The number of ether oxygens (including phenoxy) is 1. The Morgan fingerprint density at radius 3 is 2.76 bits per heavy atom. The lowest BCUT2D eigenvalue weighted by molar-refractivity contribution is 0.276. The van der Waals surface area contributed by atoms with E-state index >= 15 is 0 Å². The van der Waals surface area contributed by atoms with E-state index in [1.807, 2.05) is 12.1 Å². The van der Waals surface area contributed by atoms with Crippen molar-refractivity contribution in [1.29, 1.82) is 0 Å². The van der Waals surface area contributed by atoms with Crippen molar-refractivity contribution in [2.24, 2.45) is 0 Å². The third-order valence-electron chi connectivity index (χ3n) is 2.14. The Hall–Kier alpha value is -1.46. The van der Waals surface area contributed by atoms with Crippen molar-refractivity contribution in [1.82, 2.24) is 9.97 Å². The van der Waals surface area contributed by atoms with Gasteiger partial charge in [0.2, 0.25) is 5.88 Å². The molecule has 4 nitrogen and oxygen atoms in total. The molecule has 1 heterocycles. The molecule has 2 rings (SSSR count). The lowest BCUT2D eigenvalue weighted by Crippen LogP contribution is -1.96. The Morgan fingerprint density at radius 1 is 1.29 bits per heavy atom. The summed E-state index contributed by atoms with van der Waals surface area (Å²) in [5.41, 5.74) is 0.722. The van der Waals surface area contributed by atoms with Gasteiger partial charge in [0.15, 0.2) is 0 Å². The predicted octanol–water partition coefficient (Wildman–Crippen LogP) is 2.83. The fourth-order valence-electron chi connectivity index (χ4n) is 1.40. The molecule has 0 unspecified atom stereocenters. The molecule has 0 bridgehead atoms. The van der Waals surface area contributed by atoms with E-state index in [1.165, 1.54) is 0 Å². The molecular formula is C12H11BrN2O2. The molecule has 0 aliphatic carbocycles. The number of aliphatic hydroxyl groups excluding tert-OH is 1. The average Bonchev–Trinajstić information content (AvgIpc) is 2.28. The Labute approximate surface area is 107 Å². The quantitative estimate of drug-likeness (QED) is 0.885. The molecule has 0 aliphatic rings. The summed E-state index contributed by atoms with van der Waals surface area (Å²) in [4.78, 5) is 8.25. The normalized spacial score (nSPS) is 10.3. The highest BCUT2D eigenvalue weighted by Gasteiger charge is 2.06. The minimum Gasteiger partial charge on any atom is -0.438 e. The zero-order chi connectivity index (χ0) is 12.3. The van der Waals surface area contributed by atoms with Gasteiger partial charge < -0.3 is 9.84 Å². The number of aryl methyl sites for hydroxylation is 1. The van der Waals surface area contributed by atoms with Crippen LogP contribution in [0.3, 0.4) is 0 Å². The van der Waals surface area contributed by atoms with Gasteiger partial charge in [0.05, 0.1) is 6.61 Å². The topological polar surface area (TPSA) is 55.2 Å². The average molecular weight is 295 g/mol. The summed E-state index contributed by atoms with van der Waals surface area (Å²) in [6, 6.07) is 8.97. The first-order valence-electron chi connectivity index (χ1n) is 5.07. The lowest BCUT2D eigenvalue weighted by Gasteiger charge is -2.09. The highest BCUT2D eigenvalue weighted by atomic mass is 79.9. The third-order valence-corrected chi connectivity index (χ3v) is 2.55. The zero-order valence-corrected chi connectivity index (χ0v) is 10.8. The highest BCUT2D eigenvalue weighted by Crippen LogP contribution is 2.25. The predicted molar refractivity (Wildman–Crippen MR) is 66.9 cm³/mol. The maximum Gasteiger partial charge on any atom is 0.223 e. The minimum absolute atomic E-state index is 0.0680. The number of hydrogen-bond donors (Lipinski definition) is 1. The largest absolute Gasteiger partial charge is 0.438 e. The maximum absolute atomic E-state index is 9.18. The third kappa shape index (κ3) is 3.01. The summed E-state index contributed by atoms with van der Waals surface area (Å²) in [7, 11) is 0. The standard InChI is InChI=1S/C12H11BrN2O2/c1-8-14-11(13)6-12(15-8)17-10-5-3-2-4-9(10)7-16/h2-6,16H,7H2,1H3. The van der Waals surface area contributed by atoms with E-state index in [0.29, 0.717) is 22.1 Å². The van der Waals surface area contributed by atoms with Crippen LogP contribution in [0.5, 0.6) is 11.6 Å². The Balaban J connectivity index is 2.31. The van der Waals surface area contributed by atoms with Gasteiger partial charge in [-0.1, -0.05) is 18.2 Å². The van der Waals surface area contributed by atoms with E-state index in [-0.39, 0.29) is 6.61 Å². The van der Waals surface area contributed by atoms with E-state index in [4.69, 9.17) is 4.74 Å². The smallest absolute Gasteiger partial charge is 0.223 e. The van der Waals surface area contributed by atoms with Crippen LogP contribution < -0.4 is 4.74 Å². The van der Waals surface area contributed by atoms with Crippen LogP contribution in [0.25, 0.3) is 0 Å². The zero-order valence-electron chi connectivity index (χ0n) is 9.22. The summed E-state index contributed by atoms with van der Waals surface area (Å²) >= 11 is 3.28. The molecule has 0 saturated heterocycles. The number of halogens is 1. The van der Waals surface area contributed by atoms with Crippen molar-refractivity contribution in [3.63, 3.8) is 0 Å². The van der Waals surface area contributed by atoms with Crippen LogP contribution in [0.4, 0.5) is 0 Å². The van der Waals surface area contributed by atoms with Crippen LogP contribution in [0.2, 0.25) is 0 Å². The van der Waals surface area contributed by atoms with Gasteiger partial charge >= 0.3 is 0 Å². The highest BCUT2D eigenvalue weighted by molar-refractivity contribution is 9.10. The number of benzene rings is 1. The van der Waals surface area contributed by atoms with Crippen molar-refractivity contribution in [2.45, 2.75) is 13.5 Å². The van der Waals surface area contributed by atoms with E-state index in [9.17, 15) is 5.11 Å². The Bertz CT molecular complexity index is 511. The fourth-order valence-corrected chi connectivity index (χ4v) is 1.86. The van der Waals surface area contributed by atoms with Crippen LogP contribution >= 0.6 is 15.9 Å². The SMILES string of the molecule is Cc1nc(Br)cc(Oc2ccccc2CO)n1.